The Morgan fingerprint density at radius 3 is 2.77 bits per heavy atom. The van der Waals surface area contributed by atoms with Crippen LogP contribution in [-0.2, 0) is 11.3 Å². The summed E-state index contributed by atoms with van der Waals surface area (Å²) in [5.74, 6) is -0.0646. The minimum atomic E-state index is -0.0646. The van der Waals surface area contributed by atoms with E-state index in [1.165, 1.54) is 0 Å². The van der Waals surface area contributed by atoms with Gasteiger partial charge in [0.05, 0.1) is 17.8 Å². The Bertz CT molecular complexity index is 596. The molecule has 0 atom stereocenters. The Morgan fingerprint density at radius 2 is 2.14 bits per heavy atom. The van der Waals surface area contributed by atoms with Crippen molar-refractivity contribution in [1.82, 2.24) is 15.1 Å². The molecule has 0 aliphatic rings. The summed E-state index contributed by atoms with van der Waals surface area (Å²) < 4.78 is 6.98. The Hall–Kier alpha value is -1.85. The molecule has 0 saturated heterocycles. The molecule has 0 spiro atoms. The maximum Gasteiger partial charge on any atom is 0.251 e. The summed E-state index contributed by atoms with van der Waals surface area (Å²) in [7, 11) is 0. The van der Waals surface area contributed by atoms with E-state index in [0.29, 0.717) is 36.9 Å². The zero-order valence-electron chi connectivity index (χ0n) is 12.6. The molecule has 6 heteroatoms. The summed E-state index contributed by atoms with van der Waals surface area (Å²) in [6.07, 6.45) is 4.18. The van der Waals surface area contributed by atoms with Gasteiger partial charge in [-0.3, -0.25) is 9.48 Å². The molecule has 0 bridgehead atoms. The van der Waals surface area contributed by atoms with Crippen molar-refractivity contribution in [3.8, 4) is 0 Å². The van der Waals surface area contributed by atoms with E-state index in [1.807, 2.05) is 31.2 Å². The summed E-state index contributed by atoms with van der Waals surface area (Å²) in [4.78, 5) is 12.0. The monoisotopic (exact) mass is 321 g/mol. The van der Waals surface area contributed by atoms with Crippen LogP contribution in [0, 0.1) is 0 Å². The van der Waals surface area contributed by atoms with E-state index in [1.54, 1.807) is 17.1 Å². The van der Waals surface area contributed by atoms with Gasteiger partial charge in [-0.05, 0) is 31.0 Å². The van der Waals surface area contributed by atoms with E-state index in [4.69, 9.17) is 16.3 Å². The highest BCUT2D eigenvalue weighted by molar-refractivity contribution is 6.30. The fourth-order valence-corrected chi connectivity index (χ4v) is 2.15. The van der Waals surface area contributed by atoms with Gasteiger partial charge in [-0.1, -0.05) is 23.7 Å². The molecule has 5 nitrogen and oxygen atoms in total. The summed E-state index contributed by atoms with van der Waals surface area (Å²) in [6, 6.07) is 7.48. The van der Waals surface area contributed by atoms with Crippen LogP contribution >= 0.6 is 11.6 Å². The summed E-state index contributed by atoms with van der Waals surface area (Å²) in [5, 5.41) is 7.62. The smallest absolute Gasteiger partial charge is 0.251 e. The molecule has 1 aromatic carbocycles. The topological polar surface area (TPSA) is 56.1 Å². The van der Waals surface area contributed by atoms with Crippen LogP contribution in [0.4, 0.5) is 0 Å². The second kappa shape index (κ2) is 8.56. The molecular weight excluding hydrogens is 302 g/mol. The van der Waals surface area contributed by atoms with Crippen molar-refractivity contribution in [2.45, 2.75) is 19.9 Å². The number of carbonyl (C=O) groups is 1. The molecule has 1 heterocycles. The van der Waals surface area contributed by atoms with Crippen LogP contribution in [0.5, 0.6) is 0 Å². The lowest BCUT2D eigenvalue weighted by molar-refractivity contribution is 0.0944. The highest BCUT2D eigenvalue weighted by atomic mass is 35.5. The number of amides is 1. The molecule has 0 aliphatic heterocycles. The Morgan fingerprint density at radius 1 is 1.36 bits per heavy atom. The summed E-state index contributed by atoms with van der Waals surface area (Å²) in [5.41, 5.74) is 1.71. The third-order valence-corrected chi connectivity index (χ3v) is 3.31. The van der Waals surface area contributed by atoms with Gasteiger partial charge in [-0.25, -0.2) is 0 Å². The summed E-state index contributed by atoms with van der Waals surface area (Å²) >= 11 is 5.83. The second-order valence-electron chi connectivity index (χ2n) is 4.86. The molecule has 0 fully saturated rings. The van der Waals surface area contributed by atoms with Crippen LogP contribution in [0.3, 0.4) is 0 Å². The minimum Gasteiger partial charge on any atom is -0.382 e. The first kappa shape index (κ1) is 16.5. The zero-order valence-corrected chi connectivity index (χ0v) is 13.3. The maximum absolute atomic E-state index is 12.0. The van der Waals surface area contributed by atoms with Crippen LogP contribution in [0.1, 0.15) is 29.3 Å². The SMILES string of the molecule is CCOCCCNC(=O)c1ccc(Cn2cc(Cl)cn2)cc1. The Labute approximate surface area is 135 Å². The first-order valence-corrected chi connectivity index (χ1v) is 7.69. The van der Waals surface area contributed by atoms with E-state index < -0.39 is 0 Å². The van der Waals surface area contributed by atoms with Gasteiger partial charge in [0.15, 0.2) is 0 Å². The first-order valence-electron chi connectivity index (χ1n) is 7.32. The van der Waals surface area contributed by atoms with Crippen molar-refractivity contribution in [2.75, 3.05) is 19.8 Å². The third kappa shape index (κ3) is 5.16. The van der Waals surface area contributed by atoms with Crippen molar-refractivity contribution in [2.24, 2.45) is 0 Å². The number of aromatic nitrogens is 2. The van der Waals surface area contributed by atoms with E-state index in [0.717, 1.165) is 12.0 Å². The number of carbonyl (C=O) groups excluding carboxylic acids is 1. The molecule has 0 saturated carbocycles. The van der Waals surface area contributed by atoms with Gasteiger partial charge in [0.2, 0.25) is 0 Å². The second-order valence-corrected chi connectivity index (χ2v) is 5.30. The molecular formula is C16H20ClN3O2. The van der Waals surface area contributed by atoms with Gasteiger partial charge in [0, 0.05) is 31.5 Å². The van der Waals surface area contributed by atoms with E-state index >= 15 is 0 Å². The molecule has 1 aromatic heterocycles. The fourth-order valence-electron chi connectivity index (χ4n) is 2.00. The molecule has 2 aromatic rings. The zero-order chi connectivity index (χ0) is 15.8. The quantitative estimate of drug-likeness (QED) is 0.761. The van der Waals surface area contributed by atoms with E-state index in [-0.39, 0.29) is 5.91 Å². The lowest BCUT2D eigenvalue weighted by Gasteiger charge is -2.07. The average molecular weight is 322 g/mol. The minimum absolute atomic E-state index is 0.0646. The van der Waals surface area contributed by atoms with Crippen molar-refractivity contribution in [3.63, 3.8) is 0 Å². The van der Waals surface area contributed by atoms with Gasteiger partial charge < -0.3 is 10.1 Å². The third-order valence-electron chi connectivity index (χ3n) is 3.12. The van der Waals surface area contributed by atoms with Gasteiger partial charge in [-0.2, -0.15) is 5.10 Å². The standard InChI is InChI=1S/C16H20ClN3O2/c1-2-22-9-3-8-18-16(21)14-6-4-13(5-7-14)11-20-12-15(17)10-19-20/h4-7,10,12H,2-3,8-9,11H2,1H3,(H,18,21). The number of ether oxygens (including phenoxy) is 1. The molecule has 1 N–H and O–H groups in total. The van der Waals surface area contributed by atoms with Crippen LogP contribution < -0.4 is 5.32 Å². The first-order chi connectivity index (χ1) is 10.7. The van der Waals surface area contributed by atoms with Gasteiger partial charge in [-0.15, -0.1) is 0 Å². The van der Waals surface area contributed by atoms with Crippen LogP contribution in [0.15, 0.2) is 36.7 Å². The van der Waals surface area contributed by atoms with Crippen molar-refractivity contribution in [1.29, 1.82) is 0 Å². The van der Waals surface area contributed by atoms with Gasteiger partial charge >= 0.3 is 0 Å². The van der Waals surface area contributed by atoms with Crippen molar-refractivity contribution < 1.29 is 9.53 Å². The molecule has 22 heavy (non-hydrogen) atoms. The molecule has 118 valence electrons. The van der Waals surface area contributed by atoms with E-state index in [9.17, 15) is 4.79 Å². The maximum atomic E-state index is 12.0. The van der Waals surface area contributed by atoms with Crippen molar-refractivity contribution in [3.05, 3.63) is 52.8 Å². The van der Waals surface area contributed by atoms with Gasteiger partial charge in [0.1, 0.15) is 0 Å². The highest BCUT2D eigenvalue weighted by Gasteiger charge is 2.05. The van der Waals surface area contributed by atoms with Crippen LogP contribution in [0.25, 0.3) is 0 Å². The predicted molar refractivity (Wildman–Crippen MR) is 86.2 cm³/mol. The number of hydrogen-bond donors (Lipinski definition) is 1. The number of hydrogen-bond acceptors (Lipinski definition) is 3. The fraction of sp³-hybridized carbons (Fsp3) is 0.375. The molecule has 2 rings (SSSR count). The Balaban J connectivity index is 1.81. The average Bonchev–Trinajstić information content (AvgIpc) is 2.93. The molecule has 0 unspecified atom stereocenters. The van der Waals surface area contributed by atoms with E-state index in [2.05, 4.69) is 10.4 Å². The number of halogens is 1. The van der Waals surface area contributed by atoms with Crippen LogP contribution in [-0.4, -0.2) is 35.4 Å². The number of rotatable bonds is 8. The molecule has 1 amide bonds. The summed E-state index contributed by atoms with van der Waals surface area (Å²) in [6.45, 7) is 4.58. The number of nitrogens with zero attached hydrogens (tertiary/aromatic N) is 2. The predicted octanol–water partition coefficient (Wildman–Crippen LogP) is 2.74. The van der Waals surface area contributed by atoms with Gasteiger partial charge in [0.25, 0.3) is 5.91 Å². The largest absolute Gasteiger partial charge is 0.382 e. The van der Waals surface area contributed by atoms with Crippen molar-refractivity contribution >= 4 is 17.5 Å². The normalized spacial score (nSPS) is 10.6. The molecule has 0 aliphatic carbocycles. The Kier molecular flexibility index (Phi) is 6.43. The lowest BCUT2D eigenvalue weighted by Crippen LogP contribution is -2.25. The molecule has 0 radical (unpaired) electrons. The number of nitrogens with one attached hydrogen (secondary N) is 1. The van der Waals surface area contributed by atoms with Crippen LogP contribution in [0.2, 0.25) is 5.02 Å². The number of benzene rings is 1. The highest BCUT2D eigenvalue weighted by Crippen LogP contribution is 2.09. The lowest BCUT2D eigenvalue weighted by atomic mass is 10.1.